The van der Waals surface area contributed by atoms with Crippen LogP contribution in [0.3, 0.4) is 0 Å². The normalized spacial score (nSPS) is 11.4. The van der Waals surface area contributed by atoms with Gasteiger partial charge in [-0.1, -0.05) is 11.6 Å². The van der Waals surface area contributed by atoms with Crippen molar-refractivity contribution >= 4 is 44.4 Å². The Bertz CT molecular complexity index is 968. The Morgan fingerprint density at radius 1 is 1.24 bits per heavy atom. The lowest BCUT2D eigenvalue weighted by Gasteiger charge is -2.08. The number of carbonyl (C=O) groups is 1. The highest BCUT2D eigenvalue weighted by atomic mass is 35.5. The third kappa shape index (κ3) is 4.03. The van der Waals surface area contributed by atoms with Gasteiger partial charge < -0.3 is 5.32 Å². The van der Waals surface area contributed by atoms with E-state index in [1.165, 1.54) is 52.0 Å². The topological polar surface area (TPSA) is 107 Å². The molecule has 2 heterocycles. The molecule has 0 fully saturated rings. The first-order valence-electron chi connectivity index (χ1n) is 7.04. The van der Waals surface area contributed by atoms with E-state index >= 15 is 0 Å². The lowest BCUT2D eigenvalue weighted by molar-refractivity contribution is -0.116. The van der Waals surface area contributed by atoms with Crippen LogP contribution in [0, 0.1) is 0 Å². The van der Waals surface area contributed by atoms with E-state index in [9.17, 15) is 13.2 Å². The van der Waals surface area contributed by atoms with Gasteiger partial charge in [0.25, 0.3) is 0 Å². The number of anilines is 1. The number of sulfone groups is 1. The van der Waals surface area contributed by atoms with Gasteiger partial charge in [0.05, 0.1) is 17.1 Å². The molecule has 0 spiro atoms. The molecule has 0 unspecified atom stereocenters. The number of thiophene rings is 1. The van der Waals surface area contributed by atoms with Gasteiger partial charge in [0.1, 0.15) is 11.2 Å². The molecule has 0 saturated carbocycles. The molecule has 0 atom stereocenters. The maximum atomic E-state index is 12.7. The lowest BCUT2D eigenvalue weighted by atomic mass is 10.4. The van der Waals surface area contributed by atoms with Crippen LogP contribution in [0.5, 0.6) is 0 Å². The number of aryl methyl sites for hydroxylation is 1. The summed E-state index contributed by atoms with van der Waals surface area (Å²) >= 11 is 6.99. The van der Waals surface area contributed by atoms with Gasteiger partial charge in [-0.3, -0.25) is 4.79 Å². The molecule has 0 aliphatic rings. The number of nitrogens with zero attached hydrogens (tertiary/aromatic N) is 4. The molecule has 0 saturated heterocycles. The van der Waals surface area contributed by atoms with Crippen molar-refractivity contribution in [3.05, 3.63) is 46.4 Å². The van der Waals surface area contributed by atoms with E-state index in [0.29, 0.717) is 11.6 Å². The molecule has 25 heavy (non-hydrogen) atoms. The predicted octanol–water partition coefficient (Wildman–Crippen LogP) is 2.25. The number of aromatic nitrogens is 4. The van der Waals surface area contributed by atoms with Crippen molar-refractivity contribution < 1.29 is 13.2 Å². The van der Waals surface area contributed by atoms with Gasteiger partial charge in [-0.25, -0.2) is 13.1 Å². The number of nitrogens with one attached hydrogen (secondary N) is 1. The summed E-state index contributed by atoms with van der Waals surface area (Å²) in [5, 5.41) is 16.7. The maximum absolute atomic E-state index is 12.7. The number of tetrazole rings is 1. The fourth-order valence-electron chi connectivity index (χ4n) is 2.04. The number of rotatable bonds is 6. The number of hydrogen-bond donors (Lipinski definition) is 1. The van der Waals surface area contributed by atoms with Crippen molar-refractivity contribution in [3.8, 4) is 0 Å². The summed E-state index contributed by atoms with van der Waals surface area (Å²) in [6.07, 6.45) is 1.51. The summed E-state index contributed by atoms with van der Waals surface area (Å²) in [4.78, 5) is 12.2. The Labute approximate surface area is 152 Å². The Morgan fingerprint density at radius 3 is 2.68 bits per heavy atom. The lowest BCUT2D eigenvalue weighted by Crippen LogP contribution is -2.16. The Balaban J connectivity index is 1.75. The third-order valence-corrected chi connectivity index (χ3v) is 6.23. The molecule has 8 nitrogen and oxygen atoms in total. The van der Waals surface area contributed by atoms with Gasteiger partial charge in [0.15, 0.2) is 0 Å². The van der Waals surface area contributed by atoms with Crippen LogP contribution in [-0.2, 0) is 21.2 Å². The van der Waals surface area contributed by atoms with E-state index in [0.717, 1.165) is 0 Å². The van der Waals surface area contributed by atoms with Crippen LogP contribution in [0.25, 0.3) is 0 Å². The van der Waals surface area contributed by atoms with Crippen LogP contribution < -0.4 is 5.32 Å². The minimum absolute atomic E-state index is 0.0515. The standard InChI is InChI=1S/C14H12ClN5O3S2/c15-10-1-3-11(4-2-10)25(22,23)13-8-24-7-12(13)17-14(21)5-6-20-9-16-18-19-20/h1-4,7-9H,5-6H2,(H,17,21). The van der Waals surface area contributed by atoms with Crippen LogP contribution >= 0.6 is 22.9 Å². The molecule has 1 N–H and O–H groups in total. The average molecular weight is 398 g/mol. The molecule has 0 aliphatic carbocycles. The van der Waals surface area contributed by atoms with E-state index in [2.05, 4.69) is 20.8 Å². The average Bonchev–Trinajstić information content (AvgIpc) is 3.25. The molecular formula is C14H12ClN5O3S2. The van der Waals surface area contributed by atoms with Crippen LogP contribution in [0.2, 0.25) is 5.02 Å². The zero-order valence-electron chi connectivity index (χ0n) is 12.7. The monoisotopic (exact) mass is 397 g/mol. The Morgan fingerprint density at radius 2 is 2.00 bits per heavy atom. The minimum Gasteiger partial charge on any atom is -0.324 e. The SMILES string of the molecule is O=C(CCn1cnnn1)Nc1cscc1S(=O)(=O)c1ccc(Cl)cc1. The van der Waals surface area contributed by atoms with Crippen LogP contribution in [0.1, 0.15) is 6.42 Å². The molecule has 2 aromatic heterocycles. The molecule has 0 radical (unpaired) electrons. The fraction of sp³-hybridized carbons (Fsp3) is 0.143. The molecule has 3 rings (SSSR count). The molecule has 0 bridgehead atoms. The summed E-state index contributed by atoms with van der Waals surface area (Å²) in [6, 6.07) is 5.87. The number of amides is 1. The summed E-state index contributed by atoms with van der Waals surface area (Å²) < 4.78 is 26.9. The molecule has 0 aliphatic heterocycles. The first kappa shape index (κ1) is 17.5. The smallest absolute Gasteiger partial charge is 0.226 e. The largest absolute Gasteiger partial charge is 0.324 e. The second-order valence-corrected chi connectivity index (χ2v) is 8.08. The zero-order valence-corrected chi connectivity index (χ0v) is 15.1. The summed E-state index contributed by atoms with van der Waals surface area (Å²) in [5.74, 6) is -0.332. The van der Waals surface area contributed by atoms with Crippen molar-refractivity contribution in [2.24, 2.45) is 0 Å². The molecule has 11 heteroatoms. The van der Waals surface area contributed by atoms with Crippen molar-refractivity contribution in [3.63, 3.8) is 0 Å². The quantitative estimate of drug-likeness (QED) is 0.683. The van der Waals surface area contributed by atoms with E-state index in [-0.39, 0.29) is 27.8 Å². The van der Waals surface area contributed by atoms with Crippen LogP contribution in [0.15, 0.2) is 51.1 Å². The van der Waals surface area contributed by atoms with Crippen LogP contribution in [0.4, 0.5) is 5.69 Å². The van der Waals surface area contributed by atoms with Gasteiger partial charge >= 0.3 is 0 Å². The first-order chi connectivity index (χ1) is 12.0. The summed E-state index contributed by atoms with van der Waals surface area (Å²) in [6.45, 7) is 0.294. The number of carbonyl (C=O) groups excluding carboxylic acids is 1. The molecule has 1 aromatic carbocycles. The fourth-order valence-corrected chi connectivity index (χ4v) is 4.70. The second-order valence-electron chi connectivity index (χ2n) is 4.98. The van der Waals surface area contributed by atoms with Crippen molar-refractivity contribution in [2.75, 3.05) is 5.32 Å². The maximum Gasteiger partial charge on any atom is 0.226 e. The molecule has 3 aromatic rings. The van der Waals surface area contributed by atoms with E-state index in [4.69, 9.17) is 11.6 Å². The second kappa shape index (κ2) is 7.30. The Kier molecular flexibility index (Phi) is 5.11. The van der Waals surface area contributed by atoms with Crippen molar-refractivity contribution in [1.82, 2.24) is 20.2 Å². The molecular weight excluding hydrogens is 386 g/mol. The van der Waals surface area contributed by atoms with Gasteiger partial charge in [-0.2, -0.15) is 0 Å². The number of benzene rings is 1. The highest BCUT2D eigenvalue weighted by Crippen LogP contribution is 2.31. The zero-order chi connectivity index (χ0) is 17.9. The van der Waals surface area contributed by atoms with Crippen molar-refractivity contribution in [2.45, 2.75) is 22.8 Å². The van der Waals surface area contributed by atoms with Gasteiger partial charge in [-0.05, 0) is 34.7 Å². The highest BCUT2D eigenvalue weighted by Gasteiger charge is 2.23. The first-order valence-corrected chi connectivity index (χ1v) is 9.84. The van der Waals surface area contributed by atoms with Crippen LogP contribution in [-0.4, -0.2) is 34.5 Å². The summed E-state index contributed by atoms with van der Waals surface area (Å²) in [7, 11) is -3.75. The molecule has 130 valence electrons. The van der Waals surface area contributed by atoms with Gasteiger partial charge in [0.2, 0.25) is 15.7 Å². The predicted molar refractivity (Wildman–Crippen MR) is 92.3 cm³/mol. The highest BCUT2D eigenvalue weighted by molar-refractivity contribution is 7.91. The van der Waals surface area contributed by atoms with E-state index in [1.807, 2.05) is 0 Å². The van der Waals surface area contributed by atoms with Crippen molar-refractivity contribution in [1.29, 1.82) is 0 Å². The van der Waals surface area contributed by atoms with Gasteiger partial charge in [-0.15, -0.1) is 16.4 Å². The summed E-state index contributed by atoms with van der Waals surface area (Å²) in [5.41, 5.74) is 0.252. The third-order valence-electron chi connectivity index (χ3n) is 3.27. The number of hydrogen-bond acceptors (Lipinski definition) is 7. The Hall–Kier alpha value is -2.30. The van der Waals surface area contributed by atoms with E-state index in [1.54, 1.807) is 5.38 Å². The molecule has 1 amide bonds. The number of halogens is 1. The van der Waals surface area contributed by atoms with E-state index < -0.39 is 9.84 Å². The van der Waals surface area contributed by atoms with Gasteiger partial charge in [0, 0.05) is 22.2 Å². The minimum atomic E-state index is -3.75.